The van der Waals surface area contributed by atoms with Crippen molar-refractivity contribution in [3.63, 3.8) is 0 Å². The average molecular weight is 442 g/mol. The molecule has 6 nitrogen and oxygen atoms in total. The number of ether oxygens (including phenoxy) is 1. The van der Waals surface area contributed by atoms with E-state index in [-0.39, 0.29) is 11.4 Å². The highest BCUT2D eigenvalue weighted by molar-refractivity contribution is 7.71. The van der Waals surface area contributed by atoms with Crippen LogP contribution in [-0.2, 0) is 17.8 Å². The van der Waals surface area contributed by atoms with Crippen molar-refractivity contribution in [3.8, 4) is 0 Å². The number of hydrogen-bond acceptors (Lipinski definition) is 5. The Bertz CT molecular complexity index is 1230. The number of nitrogens with one attached hydrogen (secondary N) is 1. The van der Waals surface area contributed by atoms with Crippen molar-refractivity contribution in [2.75, 3.05) is 20.2 Å². The van der Waals surface area contributed by atoms with Gasteiger partial charge in [0.25, 0.3) is 5.56 Å². The van der Waals surface area contributed by atoms with Gasteiger partial charge in [0.05, 0.1) is 23.6 Å². The molecule has 0 aliphatic carbocycles. The van der Waals surface area contributed by atoms with E-state index in [4.69, 9.17) is 17.0 Å². The predicted octanol–water partition coefficient (Wildman–Crippen LogP) is 3.90. The van der Waals surface area contributed by atoms with Gasteiger partial charge in [0.15, 0.2) is 4.77 Å². The number of piperidine rings is 1. The lowest BCUT2D eigenvalue weighted by Gasteiger charge is -2.32. The summed E-state index contributed by atoms with van der Waals surface area (Å²) in [5.41, 5.74) is 1.43. The van der Waals surface area contributed by atoms with E-state index < -0.39 is 5.97 Å². The van der Waals surface area contributed by atoms with E-state index in [1.807, 2.05) is 12.1 Å². The van der Waals surface area contributed by atoms with Crippen LogP contribution >= 0.6 is 12.2 Å². The van der Waals surface area contributed by atoms with Gasteiger partial charge in [-0.25, -0.2) is 9.18 Å². The number of aromatic nitrogens is 2. The van der Waals surface area contributed by atoms with E-state index >= 15 is 0 Å². The van der Waals surface area contributed by atoms with Crippen LogP contribution in [-0.4, -0.2) is 40.6 Å². The highest BCUT2D eigenvalue weighted by Gasteiger charge is 2.21. The Morgan fingerprint density at radius 3 is 2.68 bits per heavy atom. The number of hydrogen-bond donors (Lipinski definition) is 1. The number of carbonyl (C=O) groups excluding carboxylic acids is 1. The summed E-state index contributed by atoms with van der Waals surface area (Å²) in [6, 6.07) is 11.7. The third-order valence-corrected chi connectivity index (χ3v) is 6.23. The first kappa shape index (κ1) is 21.4. The van der Waals surface area contributed by atoms with Crippen LogP contribution in [0.1, 0.15) is 28.8 Å². The summed E-state index contributed by atoms with van der Waals surface area (Å²) >= 11 is 5.44. The molecule has 0 unspecified atom stereocenters. The van der Waals surface area contributed by atoms with Gasteiger partial charge in [-0.05, 0) is 68.3 Å². The maximum absolute atomic E-state index is 13.9. The maximum atomic E-state index is 13.9. The van der Waals surface area contributed by atoms with Gasteiger partial charge in [0.2, 0.25) is 0 Å². The van der Waals surface area contributed by atoms with Gasteiger partial charge < -0.3 is 9.72 Å². The lowest BCUT2D eigenvalue weighted by molar-refractivity contribution is 0.0601. The van der Waals surface area contributed by atoms with Gasteiger partial charge >= 0.3 is 5.97 Å². The van der Waals surface area contributed by atoms with E-state index in [1.54, 1.807) is 28.8 Å². The fourth-order valence-electron chi connectivity index (χ4n) is 4.12. The number of methoxy groups -OCH3 is 1. The molecule has 1 aliphatic heterocycles. The lowest BCUT2D eigenvalue weighted by atomic mass is 9.96. The molecular weight excluding hydrogens is 417 g/mol. The molecule has 162 valence electrons. The molecule has 2 heterocycles. The molecule has 0 bridgehead atoms. The quantitative estimate of drug-likeness (QED) is 0.481. The molecule has 4 rings (SSSR count). The Morgan fingerprint density at radius 2 is 1.97 bits per heavy atom. The number of likely N-dealkylation sites (tertiary alicyclic amines) is 1. The van der Waals surface area contributed by atoms with Crippen LogP contribution in [0.3, 0.4) is 0 Å². The number of rotatable bonds is 5. The second-order valence-electron chi connectivity index (χ2n) is 7.91. The van der Waals surface area contributed by atoms with Crippen molar-refractivity contribution >= 4 is 29.1 Å². The molecule has 1 aliphatic rings. The topological polar surface area (TPSA) is 67.3 Å². The monoisotopic (exact) mass is 441 g/mol. The number of halogens is 1. The smallest absolute Gasteiger partial charge is 0.337 e. The fraction of sp³-hybridized carbons (Fsp3) is 0.348. The van der Waals surface area contributed by atoms with E-state index in [9.17, 15) is 14.0 Å². The normalized spacial score (nSPS) is 15.3. The van der Waals surface area contributed by atoms with Crippen LogP contribution in [0.4, 0.5) is 4.39 Å². The molecule has 31 heavy (non-hydrogen) atoms. The van der Waals surface area contributed by atoms with Crippen LogP contribution < -0.4 is 5.56 Å². The van der Waals surface area contributed by atoms with Crippen molar-refractivity contribution in [2.45, 2.75) is 25.9 Å². The Morgan fingerprint density at radius 1 is 1.23 bits per heavy atom. The SMILES string of the molecule is COC(=O)c1ccc2c(=O)n(CC3CCN(Cc4ccccc4F)CC3)c(=S)[nH]c2c1. The van der Waals surface area contributed by atoms with Gasteiger partial charge in [-0.2, -0.15) is 0 Å². The van der Waals surface area contributed by atoms with Gasteiger partial charge in [-0.3, -0.25) is 14.3 Å². The van der Waals surface area contributed by atoms with Crippen molar-refractivity contribution in [1.29, 1.82) is 0 Å². The van der Waals surface area contributed by atoms with E-state index in [1.165, 1.54) is 13.2 Å². The Labute approximate surface area is 184 Å². The zero-order valence-corrected chi connectivity index (χ0v) is 18.1. The summed E-state index contributed by atoms with van der Waals surface area (Å²) < 4.78 is 20.6. The minimum absolute atomic E-state index is 0.163. The number of H-pyrrole nitrogens is 1. The first-order chi connectivity index (χ1) is 15.0. The molecule has 0 saturated carbocycles. The molecule has 0 atom stereocenters. The molecule has 1 saturated heterocycles. The van der Waals surface area contributed by atoms with Crippen molar-refractivity contribution in [3.05, 3.63) is 74.5 Å². The van der Waals surface area contributed by atoms with Gasteiger partial charge in [0.1, 0.15) is 5.82 Å². The molecule has 1 aromatic heterocycles. The Hall–Kier alpha value is -2.84. The van der Waals surface area contributed by atoms with Crippen molar-refractivity contribution in [2.24, 2.45) is 5.92 Å². The average Bonchev–Trinajstić information content (AvgIpc) is 2.78. The number of fused-ring (bicyclic) bond motifs is 1. The van der Waals surface area contributed by atoms with Crippen molar-refractivity contribution in [1.82, 2.24) is 14.5 Å². The summed E-state index contributed by atoms with van der Waals surface area (Å²) in [4.78, 5) is 30.1. The zero-order valence-electron chi connectivity index (χ0n) is 17.3. The molecular formula is C23H24FN3O3S. The predicted molar refractivity (Wildman–Crippen MR) is 119 cm³/mol. The molecule has 1 N–H and O–H groups in total. The summed E-state index contributed by atoms with van der Waals surface area (Å²) in [5, 5.41) is 0.484. The molecule has 0 spiro atoms. The summed E-state index contributed by atoms with van der Waals surface area (Å²) in [7, 11) is 1.31. The highest BCUT2D eigenvalue weighted by atomic mass is 32.1. The van der Waals surface area contributed by atoms with E-state index in [0.717, 1.165) is 25.9 Å². The molecule has 0 radical (unpaired) electrons. The second kappa shape index (κ2) is 9.11. The highest BCUT2D eigenvalue weighted by Crippen LogP contribution is 2.22. The number of esters is 1. The second-order valence-corrected chi connectivity index (χ2v) is 8.30. The van der Waals surface area contributed by atoms with Gasteiger partial charge in [-0.1, -0.05) is 18.2 Å². The summed E-state index contributed by atoms with van der Waals surface area (Å²) in [5.74, 6) is -0.321. The number of benzene rings is 2. The largest absolute Gasteiger partial charge is 0.465 e. The van der Waals surface area contributed by atoms with Crippen LogP contribution in [0.15, 0.2) is 47.3 Å². The van der Waals surface area contributed by atoms with Gasteiger partial charge in [-0.15, -0.1) is 0 Å². The number of aromatic amines is 1. The van der Waals surface area contributed by atoms with E-state index in [2.05, 4.69) is 9.88 Å². The van der Waals surface area contributed by atoms with Crippen LogP contribution in [0, 0.1) is 16.5 Å². The van der Waals surface area contributed by atoms with Crippen LogP contribution in [0.2, 0.25) is 0 Å². The first-order valence-electron chi connectivity index (χ1n) is 10.3. The number of nitrogens with zero attached hydrogens (tertiary/aromatic N) is 2. The third-order valence-electron chi connectivity index (χ3n) is 5.90. The molecule has 8 heteroatoms. The molecule has 0 amide bonds. The lowest BCUT2D eigenvalue weighted by Crippen LogP contribution is -2.36. The van der Waals surface area contributed by atoms with E-state index in [0.29, 0.717) is 45.8 Å². The minimum atomic E-state index is -0.465. The first-order valence-corrected chi connectivity index (χ1v) is 10.7. The minimum Gasteiger partial charge on any atom is -0.465 e. The molecule has 3 aromatic rings. The van der Waals surface area contributed by atoms with Gasteiger partial charge in [0, 0.05) is 18.7 Å². The van der Waals surface area contributed by atoms with Crippen molar-refractivity contribution < 1.29 is 13.9 Å². The standard InChI is InChI=1S/C23H24FN3O3S/c1-30-22(29)16-6-7-18-20(12-16)25-23(31)27(21(18)28)13-15-8-10-26(11-9-15)14-17-4-2-3-5-19(17)24/h2-7,12,15H,8-11,13-14H2,1H3,(H,25,31). The zero-order chi connectivity index (χ0) is 22.0. The fourth-order valence-corrected chi connectivity index (χ4v) is 4.39. The number of carbonyl (C=O) groups is 1. The molecule has 2 aromatic carbocycles. The summed E-state index contributed by atoms with van der Waals surface area (Å²) in [6.45, 7) is 2.83. The third kappa shape index (κ3) is 4.60. The maximum Gasteiger partial charge on any atom is 0.337 e. The van der Waals surface area contributed by atoms with Crippen LogP contribution in [0.25, 0.3) is 10.9 Å². The van der Waals surface area contributed by atoms with Crippen LogP contribution in [0.5, 0.6) is 0 Å². The Balaban J connectivity index is 1.47. The summed E-state index contributed by atoms with van der Waals surface area (Å²) in [6.07, 6.45) is 1.82. The Kier molecular flexibility index (Phi) is 6.29. The molecule has 1 fully saturated rings.